The summed E-state index contributed by atoms with van der Waals surface area (Å²) in [5, 5.41) is 11.4. The van der Waals surface area contributed by atoms with Gasteiger partial charge in [0.05, 0.1) is 6.61 Å². The molecule has 0 saturated heterocycles. The summed E-state index contributed by atoms with van der Waals surface area (Å²) < 4.78 is 7.46. The van der Waals surface area contributed by atoms with E-state index < -0.39 is 0 Å². The third-order valence-electron chi connectivity index (χ3n) is 2.88. The van der Waals surface area contributed by atoms with Crippen LogP contribution >= 0.6 is 0 Å². The predicted molar refractivity (Wildman–Crippen MR) is 74.3 cm³/mol. The summed E-state index contributed by atoms with van der Waals surface area (Å²) in [6, 6.07) is 0. The number of anilines is 1. The third-order valence-corrected chi connectivity index (χ3v) is 2.88. The largest absolute Gasteiger partial charge is 0.380 e. The minimum atomic E-state index is 0.669. The molecule has 0 spiro atoms. The van der Waals surface area contributed by atoms with E-state index in [9.17, 15) is 0 Å². The molecular weight excluding hydrogens is 242 g/mol. The van der Waals surface area contributed by atoms with Crippen LogP contribution in [0.5, 0.6) is 0 Å². The van der Waals surface area contributed by atoms with Crippen LogP contribution in [0.4, 0.5) is 5.82 Å². The lowest BCUT2D eigenvalue weighted by Gasteiger charge is -2.08. The van der Waals surface area contributed by atoms with Gasteiger partial charge in [0, 0.05) is 25.5 Å². The molecule has 0 unspecified atom stereocenters. The number of hydrogen-bond acceptors (Lipinski definition) is 5. The van der Waals surface area contributed by atoms with Crippen LogP contribution in [0.3, 0.4) is 0 Å². The second-order valence-corrected chi connectivity index (χ2v) is 4.94. The first-order valence-corrected chi connectivity index (χ1v) is 6.66. The number of aryl methyl sites for hydroxylation is 1. The topological polar surface area (TPSA) is 64.3 Å². The zero-order valence-electron chi connectivity index (χ0n) is 11.8. The Morgan fingerprint density at radius 3 is 2.95 bits per heavy atom. The van der Waals surface area contributed by atoms with Gasteiger partial charge in [-0.05, 0) is 19.3 Å². The Kier molecular flexibility index (Phi) is 4.68. The highest BCUT2D eigenvalue weighted by molar-refractivity contribution is 5.61. The van der Waals surface area contributed by atoms with E-state index in [2.05, 4.69) is 34.3 Å². The van der Waals surface area contributed by atoms with Crippen molar-refractivity contribution in [3.63, 3.8) is 0 Å². The van der Waals surface area contributed by atoms with E-state index in [1.165, 1.54) is 0 Å². The number of nitrogens with zero attached hydrogens (tertiary/aromatic N) is 4. The molecule has 0 radical (unpaired) electrons. The molecule has 104 valence electrons. The quantitative estimate of drug-likeness (QED) is 0.773. The summed E-state index contributed by atoms with van der Waals surface area (Å²) in [7, 11) is 0. The van der Waals surface area contributed by atoms with Crippen LogP contribution in [0.1, 0.15) is 26.1 Å². The van der Waals surface area contributed by atoms with Gasteiger partial charge in [-0.3, -0.25) is 4.40 Å². The van der Waals surface area contributed by atoms with Crippen molar-refractivity contribution in [3.8, 4) is 0 Å². The zero-order chi connectivity index (χ0) is 13.7. The van der Waals surface area contributed by atoms with E-state index >= 15 is 0 Å². The molecule has 2 aromatic heterocycles. The fourth-order valence-corrected chi connectivity index (χ4v) is 1.73. The van der Waals surface area contributed by atoms with Gasteiger partial charge in [-0.25, -0.2) is 4.98 Å². The molecule has 2 aromatic rings. The third kappa shape index (κ3) is 3.64. The molecule has 6 heteroatoms. The molecule has 0 aromatic carbocycles. The molecule has 0 aliphatic heterocycles. The molecule has 1 N–H and O–H groups in total. The van der Waals surface area contributed by atoms with Gasteiger partial charge in [0.25, 0.3) is 0 Å². The van der Waals surface area contributed by atoms with Crippen LogP contribution in [-0.2, 0) is 4.74 Å². The molecule has 19 heavy (non-hydrogen) atoms. The van der Waals surface area contributed by atoms with Crippen molar-refractivity contribution in [1.82, 2.24) is 19.6 Å². The fraction of sp³-hybridized carbons (Fsp3) is 0.615. The highest BCUT2D eigenvalue weighted by Gasteiger charge is 2.06. The number of hydrogen-bond donors (Lipinski definition) is 1. The first-order valence-electron chi connectivity index (χ1n) is 6.66. The van der Waals surface area contributed by atoms with E-state index in [4.69, 9.17) is 4.74 Å². The van der Waals surface area contributed by atoms with Gasteiger partial charge in [0.1, 0.15) is 5.82 Å². The predicted octanol–water partition coefficient (Wildman–Crippen LogP) is 1.91. The maximum Gasteiger partial charge on any atom is 0.203 e. The molecule has 0 aliphatic rings. The lowest BCUT2D eigenvalue weighted by molar-refractivity contribution is 0.132. The van der Waals surface area contributed by atoms with Crippen molar-refractivity contribution in [2.24, 2.45) is 5.92 Å². The highest BCUT2D eigenvalue weighted by Crippen LogP contribution is 2.11. The SMILES string of the molecule is Cc1nnc2c(NCCOCCC(C)C)nccn12. The molecule has 0 atom stereocenters. The minimum Gasteiger partial charge on any atom is -0.380 e. The van der Waals surface area contributed by atoms with Gasteiger partial charge in [-0.15, -0.1) is 10.2 Å². The molecule has 0 bridgehead atoms. The number of nitrogens with one attached hydrogen (secondary N) is 1. The molecule has 6 nitrogen and oxygen atoms in total. The van der Waals surface area contributed by atoms with Crippen molar-refractivity contribution in [1.29, 1.82) is 0 Å². The zero-order valence-corrected chi connectivity index (χ0v) is 11.8. The second-order valence-electron chi connectivity index (χ2n) is 4.94. The van der Waals surface area contributed by atoms with E-state index in [-0.39, 0.29) is 0 Å². The molecular formula is C13H21N5O. The van der Waals surface area contributed by atoms with E-state index in [1.807, 2.05) is 17.5 Å². The van der Waals surface area contributed by atoms with Crippen LogP contribution < -0.4 is 5.32 Å². The van der Waals surface area contributed by atoms with Gasteiger partial charge in [0.15, 0.2) is 5.82 Å². The Balaban J connectivity index is 1.82. The van der Waals surface area contributed by atoms with Crippen molar-refractivity contribution >= 4 is 11.5 Å². The Labute approximate surface area is 113 Å². The van der Waals surface area contributed by atoms with E-state index in [1.54, 1.807) is 6.20 Å². The molecule has 0 aliphatic carbocycles. The monoisotopic (exact) mass is 263 g/mol. The lowest BCUT2D eigenvalue weighted by Crippen LogP contribution is -2.12. The first-order chi connectivity index (χ1) is 9.18. The van der Waals surface area contributed by atoms with Crippen LogP contribution in [0, 0.1) is 12.8 Å². The van der Waals surface area contributed by atoms with Crippen LogP contribution in [0.15, 0.2) is 12.4 Å². The summed E-state index contributed by atoms with van der Waals surface area (Å²) in [5.74, 6) is 2.28. The number of fused-ring (bicyclic) bond motifs is 1. The summed E-state index contributed by atoms with van der Waals surface area (Å²) in [6.07, 6.45) is 4.69. The van der Waals surface area contributed by atoms with Crippen LogP contribution in [0.25, 0.3) is 5.65 Å². The normalized spacial score (nSPS) is 11.4. The Bertz CT molecular complexity index is 523. The maximum absolute atomic E-state index is 5.55. The average molecular weight is 263 g/mol. The molecule has 2 heterocycles. The van der Waals surface area contributed by atoms with E-state index in [0.717, 1.165) is 36.9 Å². The number of rotatable bonds is 7. The maximum atomic E-state index is 5.55. The van der Waals surface area contributed by atoms with Crippen molar-refractivity contribution < 1.29 is 4.74 Å². The summed E-state index contributed by atoms with van der Waals surface area (Å²) in [5.41, 5.74) is 0.752. The average Bonchev–Trinajstić information content (AvgIpc) is 2.76. The molecule has 0 saturated carbocycles. The van der Waals surface area contributed by atoms with E-state index in [0.29, 0.717) is 12.5 Å². The van der Waals surface area contributed by atoms with Gasteiger partial charge >= 0.3 is 0 Å². The van der Waals surface area contributed by atoms with Gasteiger partial charge in [-0.2, -0.15) is 0 Å². The molecule has 2 rings (SSSR count). The smallest absolute Gasteiger partial charge is 0.203 e. The Morgan fingerprint density at radius 2 is 2.16 bits per heavy atom. The first kappa shape index (κ1) is 13.7. The lowest BCUT2D eigenvalue weighted by atomic mass is 10.1. The summed E-state index contributed by atoms with van der Waals surface area (Å²) in [4.78, 5) is 4.28. The van der Waals surface area contributed by atoms with Crippen molar-refractivity contribution in [2.45, 2.75) is 27.2 Å². The standard InChI is InChI=1S/C13H21N5O/c1-10(2)4-8-19-9-6-15-12-13-17-16-11(3)18(13)7-5-14-12/h5,7,10H,4,6,8-9H2,1-3H3,(H,14,15). The fourth-order valence-electron chi connectivity index (χ4n) is 1.73. The Hall–Kier alpha value is -1.69. The second kappa shape index (κ2) is 6.47. The van der Waals surface area contributed by atoms with Gasteiger partial charge < -0.3 is 10.1 Å². The van der Waals surface area contributed by atoms with Crippen LogP contribution in [-0.4, -0.2) is 39.3 Å². The number of aromatic nitrogens is 4. The van der Waals surface area contributed by atoms with Crippen LogP contribution in [0.2, 0.25) is 0 Å². The summed E-state index contributed by atoms with van der Waals surface area (Å²) >= 11 is 0. The molecule has 0 amide bonds. The van der Waals surface area contributed by atoms with Crippen molar-refractivity contribution in [2.75, 3.05) is 25.1 Å². The summed E-state index contributed by atoms with van der Waals surface area (Å²) in [6.45, 7) is 8.50. The van der Waals surface area contributed by atoms with Gasteiger partial charge in [0.2, 0.25) is 5.65 Å². The number of ether oxygens (including phenoxy) is 1. The van der Waals surface area contributed by atoms with Crippen molar-refractivity contribution in [3.05, 3.63) is 18.2 Å². The minimum absolute atomic E-state index is 0.669. The molecule has 0 fully saturated rings. The van der Waals surface area contributed by atoms with Gasteiger partial charge in [-0.1, -0.05) is 13.8 Å². The Morgan fingerprint density at radius 1 is 1.32 bits per heavy atom. The highest BCUT2D eigenvalue weighted by atomic mass is 16.5.